The van der Waals surface area contributed by atoms with Crippen LogP contribution >= 0.6 is 0 Å². The molecule has 1 saturated heterocycles. The van der Waals surface area contributed by atoms with E-state index in [4.69, 9.17) is 4.74 Å². The second-order valence-corrected chi connectivity index (χ2v) is 5.38. The van der Waals surface area contributed by atoms with E-state index < -0.39 is 0 Å². The quantitative estimate of drug-likeness (QED) is 0.664. The average Bonchev–Trinajstić information content (AvgIpc) is 2.20. The van der Waals surface area contributed by atoms with Gasteiger partial charge in [-0.05, 0) is 18.9 Å². The van der Waals surface area contributed by atoms with Gasteiger partial charge in [-0.1, -0.05) is 20.8 Å². The second-order valence-electron chi connectivity index (χ2n) is 5.38. The zero-order valence-electron chi connectivity index (χ0n) is 10.3. The molecule has 1 fully saturated rings. The van der Waals surface area contributed by atoms with Crippen LogP contribution in [0.2, 0.25) is 0 Å². The molecule has 1 aliphatic rings. The second kappa shape index (κ2) is 5.08. The average molecular weight is 213 g/mol. The summed E-state index contributed by atoms with van der Waals surface area (Å²) in [6.07, 6.45) is 2.53. The smallest absolute Gasteiger partial charge is 0.126 e. The highest BCUT2D eigenvalue weighted by atomic mass is 16.5. The molecule has 88 valence electrons. The molecule has 0 radical (unpaired) electrons. The van der Waals surface area contributed by atoms with E-state index >= 15 is 0 Å². The van der Waals surface area contributed by atoms with E-state index in [0.717, 1.165) is 32.3 Å². The molecule has 0 aromatic rings. The highest BCUT2D eigenvalue weighted by Crippen LogP contribution is 2.22. The molecule has 0 saturated carbocycles. The molecule has 2 atom stereocenters. The van der Waals surface area contributed by atoms with Crippen LogP contribution in [0.1, 0.15) is 27.2 Å². The summed E-state index contributed by atoms with van der Waals surface area (Å²) in [4.78, 5) is 13.2. The maximum Gasteiger partial charge on any atom is 0.126 e. The van der Waals surface area contributed by atoms with Crippen LogP contribution < -0.4 is 0 Å². The molecule has 15 heavy (non-hydrogen) atoms. The molecule has 0 bridgehead atoms. The summed E-state index contributed by atoms with van der Waals surface area (Å²) >= 11 is 0. The fraction of sp³-hybridized carbons (Fsp3) is 0.917. The lowest BCUT2D eigenvalue weighted by molar-refractivity contribution is -0.116. The Hall–Kier alpha value is -0.410. The Kier molecular flexibility index (Phi) is 4.29. The van der Waals surface area contributed by atoms with Crippen LogP contribution in [0.4, 0.5) is 0 Å². The number of ether oxygens (including phenoxy) is 1. The van der Waals surface area contributed by atoms with Crippen LogP contribution in [0.25, 0.3) is 0 Å². The fourth-order valence-corrected chi connectivity index (χ4v) is 2.16. The molecular weight excluding hydrogens is 190 g/mol. The van der Waals surface area contributed by atoms with Crippen LogP contribution in [0, 0.1) is 11.3 Å². The van der Waals surface area contributed by atoms with Gasteiger partial charge in [0.25, 0.3) is 0 Å². The van der Waals surface area contributed by atoms with Gasteiger partial charge in [-0.25, -0.2) is 0 Å². The number of carbonyl (C=O) groups is 1. The number of hydrogen-bond donors (Lipinski definition) is 0. The molecular formula is C12H23NO2. The molecule has 1 rings (SSSR count). The van der Waals surface area contributed by atoms with Gasteiger partial charge in [0.1, 0.15) is 6.29 Å². The molecule has 0 amide bonds. The molecule has 3 nitrogen and oxygen atoms in total. The summed E-state index contributed by atoms with van der Waals surface area (Å²) in [6, 6.07) is 0. The first-order valence-electron chi connectivity index (χ1n) is 5.70. The number of nitrogens with zero attached hydrogens (tertiary/aromatic N) is 1. The Balaban J connectivity index is 2.48. The Morgan fingerprint density at radius 2 is 2.20 bits per heavy atom. The van der Waals surface area contributed by atoms with Crippen molar-refractivity contribution in [2.75, 3.05) is 26.7 Å². The molecule has 0 aliphatic carbocycles. The van der Waals surface area contributed by atoms with Gasteiger partial charge in [0.2, 0.25) is 0 Å². The lowest BCUT2D eigenvalue weighted by atomic mass is 9.91. The fourth-order valence-electron chi connectivity index (χ4n) is 2.16. The Bertz CT molecular complexity index is 216. The number of carbonyl (C=O) groups excluding carboxylic acids is 1. The van der Waals surface area contributed by atoms with Gasteiger partial charge in [0, 0.05) is 25.6 Å². The highest BCUT2D eigenvalue weighted by Gasteiger charge is 2.29. The molecule has 0 aromatic heterocycles. The van der Waals surface area contributed by atoms with E-state index in [1.165, 1.54) is 0 Å². The molecule has 1 heterocycles. The number of piperidine rings is 1. The van der Waals surface area contributed by atoms with Crippen molar-refractivity contribution in [3.8, 4) is 0 Å². The minimum absolute atomic E-state index is 0.237. The van der Waals surface area contributed by atoms with Crippen molar-refractivity contribution >= 4 is 6.29 Å². The first kappa shape index (κ1) is 12.7. The summed E-state index contributed by atoms with van der Waals surface area (Å²) in [7, 11) is 1.77. The van der Waals surface area contributed by atoms with Crippen molar-refractivity contribution in [1.29, 1.82) is 0 Å². The lowest BCUT2D eigenvalue weighted by Gasteiger charge is -2.38. The van der Waals surface area contributed by atoms with Crippen molar-refractivity contribution < 1.29 is 9.53 Å². The van der Waals surface area contributed by atoms with E-state index in [2.05, 4.69) is 11.8 Å². The largest absolute Gasteiger partial charge is 0.380 e. The van der Waals surface area contributed by atoms with Crippen molar-refractivity contribution in [2.24, 2.45) is 11.3 Å². The number of rotatable bonds is 4. The first-order valence-corrected chi connectivity index (χ1v) is 5.70. The van der Waals surface area contributed by atoms with Gasteiger partial charge in [-0.3, -0.25) is 4.90 Å². The molecule has 1 aliphatic heterocycles. The number of aldehydes is 1. The Morgan fingerprint density at radius 1 is 1.53 bits per heavy atom. The van der Waals surface area contributed by atoms with Gasteiger partial charge >= 0.3 is 0 Å². The van der Waals surface area contributed by atoms with Gasteiger partial charge in [-0.2, -0.15) is 0 Å². The van der Waals surface area contributed by atoms with Crippen molar-refractivity contribution in [3.05, 3.63) is 0 Å². The van der Waals surface area contributed by atoms with E-state index in [-0.39, 0.29) is 5.41 Å². The minimum atomic E-state index is -0.237. The SMILES string of the molecule is COC1CN(CC(C)(C)C=O)CCC1C. The van der Waals surface area contributed by atoms with Crippen LogP contribution in [0.5, 0.6) is 0 Å². The summed E-state index contributed by atoms with van der Waals surface area (Å²) < 4.78 is 5.45. The predicted molar refractivity (Wildman–Crippen MR) is 60.9 cm³/mol. The van der Waals surface area contributed by atoms with Crippen molar-refractivity contribution in [1.82, 2.24) is 4.90 Å². The van der Waals surface area contributed by atoms with E-state index in [1.54, 1.807) is 7.11 Å². The first-order chi connectivity index (χ1) is 6.98. The number of methoxy groups -OCH3 is 1. The highest BCUT2D eigenvalue weighted by molar-refractivity contribution is 5.58. The minimum Gasteiger partial charge on any atom is -0.380 e. The van der Waals surface area contributed by atoms with E-state index in [0.29, 0.717) is 12.0 Å². The zero-order chi connectivity index (χ0) is 11.5. The van der Waals surface area contributed by atoms with Gasteiger partial charge in [-0.15, -0.1) is 0 Å². The van der Waals surface area contributed by atoms with Crippen LogP contribution in [0.3, 0.4) is 0 Å². The van der Waals surface area contributed by atoms with Crippen molar-refractivity contribution in [3.63, 3.8) is 0 Å². The van der Waals surface area contributed by atoms with Gasteiger partial charge in [0.05, 0.1) is 6.10 Å². The molecule has 3 heteroatoms. The Labute approximate surface area is 92.8 Å². The summed E-state index contributed by atoms with van der Waals surface area (Å²) in [5.74, 6) is 0.630. The van der Waals surface area contributed by atoms with Gasteiger partial charge < -0.3 is 9.53 Å². The normalized spacial score (nSPS) is 29.1. The summed E-state index contributed by atoms with van der Waals surface area (Å²) in [5, 5.41) is 0. The lowest BCUT2D eigenvalue weighted by Crippen LogP contribution is -2.47. The van der Waals surface area contributed by atoms with Gasteiger partial charge in [0.15, 0.2) is 0 Å². The van der Waals surface area contributed by atoms with Crippen LogP contribution in [-0.2, 0) is 9.53 Å². The summed E-state index contributed by atoms with van der Waals surface area (Å²) in [6.45, 7) is 9.08. The topological polar surface area (TPSA) is 29.5 Å². The van der Waals surface area contributed by atoms with E-state index in [1.807, 2.05) is 13.8 Å². The maximum atomic E-state index is 10.9. The third-order valence-corrected chi connectivity index (χ3v) is 3.23. The summed E-state index contributed by atoms with van der Waals surface area (Å²) in [5.41, 5.74) is -0.237. The molecule has 0 spiro atoms. The van der Waals surface area contributed by atoms with Crippen LogP contribution in [-0.4, -0.2) is 44.0 Å². The molecule has 0 aromatic carbocycles. The zero-order valence-corrected chi connectivity index (χ0v) is 10.3. The predicted octanol–water partition coefficient (Wildman–Crippen LogP) is 1.57. The monoisotopic (exact) mass is 213 g/mol. The number of hydrogen-bond acceptors (Lipinski definition) is 3. The standard InChI is InChI=1S/C12H23NO2/c1-10-5-6-13(7-11(10)15-4)8-12(2,3)9-14/h9-11H,5-8H2,1-4H3. The van der Waals surface area contributed by atoms with E-state index in [9.17, 15) is 4.79 Å². The number of likely N-dealkylation sites (tertiary alicyclic amines) is 1. The van der Waals surface area contributed by atoms with Crippen LogP contribution in [0.15, 0.2) is 0 Å². The van der Waals surface area contributed by atoms with Crippen molar-refractivity contribution in [2.45, 2.75) is 33.3 Å². The molecule has 2 unspecified atom stereocenters. The molecule has 0 N–H and O–H groups in total. The Morgan fingerprint density at radius 3 is 2.73 bits per heavy atom. The third kappa shape index (κ3) is 3.58. The third-order valence-electron chi connectivity index (χ3n) is 3.23. The maximum absolute atomic E-state index is 10.9.